The van der Waals surface area contributed by atoms with Crippen LogP contribution < -0.4 is 5.56 Å². The van der Waals surface area contributed by atoms with Gasteiger partial charge in [-0.15, -0.1) is 0 Å². The number of H-pyrrole nitrogens is 1. The fourth-order valence-electron chi connectivity index (χ4n) is 1.73. The lowest BCUT2D eigenvalue weighted by atomic mass is 9.87. The van der Waals surface area contributed by atoms with E-state index in [1.807, 2.05) is 27.7 Å². The number of nitrogens with zero attached hydrogens (tertiary/aromatic N) is 1. The van der Waals surface area contributed by atoms with Gasteiger partial charge in [0.25, 0.3) is 5.56 Å². The molecular weight excluding hydrogens is 192 g/mol. The zero-order valence-electron chi connectivity index (χ0n) is 9.97. The molecule has 0 aliphatic rings. The maximum atomic E-state index is 11.8. The van der Waals surface area contributed by atoms with Crippen molar-refractivity contribution < 1.29 is 4.74 Å². The van der Waals surface area contributed by atoms with Gasteiger partial charge < -0.3 is 9.72 Å². The van der Waals surface area contributed by atoms with Crippen LogP contribution in [0.2, 0.25) is 0 Å². The Morgan fingerprint density at radius 2 is 2.00 bits per heavy atom. The van der Waals surface area contributed by atoms with Gasteiger partial charge in [0.2, 0.25) is 0 Å². The van der Waals surface area contributed by atoms with Crippen molar-refractivity contribution in [2.45, 2.75) is 39.7 Å². The van der Waals surface area contributed by atoms with Gasteiger partial charge in [0.15, 0.2) is 0 Å². The Kier molecular flexibility index (Phi) is 3.29. The second-order valence-electron chi connectivity index (χ2n) is 4.66. The second kappa shape index (κ2) is 4.14. The largest absolute Gasteiger partial charge is 0.377 e. The van der Waals surface area contributed by atoms with Crippen LogP contribution in [0.25, 0.3) is 0 Å². The maximum Gasteiger partial charge on any atom is 0.254 e. The Morgan fingerprint density at radius 3 is 2.40 bits per heavy atom. The summed E-state index contributed by atoms with van der Waals surface area (Å²) in [4.78, 5) is 18.9. The van der Waals surface area contributed by atoms with Crippen LogP contribution in [0.1, 0.15) is 37.9 Å². The molecule has 0 saturated carbocycles. The van der Waals surface area contributed by atoms with Gasteiger partial charge in [0.05, 0.1) is 0 Å². The lowest BCUT2D eigenvalue weighted by molar-refractivity contribution is 0.177. The summed E-state index contributed by atoms with van der Waals surface area (Å²) in [5.74, 6) is 0.577. The summed E-state index contributed by atoms with van der Waals surface area (Å²) in [6, 6.07) is 0. The molecule has 0 amide bonds. The molecule has 0 aliphatic heterocycles. The normalized spacial score (nSPS) is 11.8. The van der Waals surface area contributed by atoms with Crippen molar-refractivity contribution in [3.8, 4) is 0 Å². The molecule has 0 fully saturated rings. The molecule has 0 radical (unpaired) electrons. The molecule has 1 rings (SSSR count). The first-order chi connectivity index (χ1) is 6.86. The Bertz CT molecular complexity index is 402. The number of rotatable bonds is 2. The van der Waals surface area contributed by atoms with Crippen molar-refractivity contribution in [2.24, 2.45) is 0 Å². The monoisotopic (exact) mass is 210 g/mol. The van der Waals surface area contributed by atoms with Gasteiger partial charge in [-0.3, -0.25) is 4.79 Å². The molecule has 0 bridgehead atoms. The van der Waals surface area contributed by atoms with Crippen molar-refractivity contribution in [2.75, 3.05) is 7.11 Å². The molecule has 84 valence electrons. The van der Waals surface area contributed by atoms with Crippen LogP contribution >= 0.6 is 0 Å². The molecule has 0 unspecified atom stereocenters. The average molecular weight is 210 g/mol. The van der Waals surface area contributed by atoms with Crippen molar-refractivity contribution in [1.82, 2.24) is 9.97 Å². The number of hydrogen-bond acceptors (Lipinski definition) is 3. The van der Waals surface area contributed by atoms with Gasteiger partial charge >= 0.3 is 0 Å². The first-order valence-corrected chi connectivity index (χ1v) is 4.95. The van der Waals surface area contributed by atoms with E-state index >= 15 is 0 Å². The lowest BCUT2D eigenvalue weighted by Gasteiger charge is -2.19. The molecule has 1 aromatic heterocycles. The zero-order chi connectivity index (χ0) is 11.6. The van der Waals surface area contributed by atoms with E-state index in [1.54, 1.807) is 7.11 Å². The van der Waals surface area contributed by atoms with Crippen molar-refractivity contribution in [3.63, 3.8) is 0 Å². The van der Waals surface area contributed by atoms with Crippen LogP contribution in [0.4, 0.5) is 0 Å². The smallest absolute Gasteiger partial charge is 0.254 e. The Morgan fingerprint density at radius 1 is 1.40 bits per heavy atom. The first kappa shape index (κ1) is 11.9. The first-order valence-electron chi connectivity index (χ1n) is 4.95. The van der Waals surface area contributed by atoms with Gasteiger partial charge in [-0.2, -0.15) is 0 Å². The number of methoxy groups -OCH3 is 1. The van der Waals surface area contributed by atoms with E-state index in [1.165, 1.54) is 0 Å². The highest BCUT2D eigenvalue weighted by molar-refractivity contribution is 5.24. The third-order valence-electron chi connectivity index (χ3n) is 2.18. The van der Waals surface area contributed by atoms with E-state index in [9.17, 15) is 4.79 Å². The topological polar surface area (TPSA) is 55.0 Å². The summed E-state index contributed by atoms with van der Waals surface area (Å²) in [7, 11) is 1.58. The highest BCUT2D eigenvalue weighted by atomic mass is 16.5. The average Bonchev–Trinajstić information content (AvgIpc) is 1.99. The number of aromatic amines is 1. The Balaban J connectivity index is 3.28. The summed E-state index contributed by atoms with van der Waals surface area (Å²) < 4.78 is 4.93. The Labute approximate surface area is 89.7 Å². The van der Waals surface area contributed by atoms with Crippen molar-refractivity contribution in [1.29, 1.82) is 0 Å². The summed E-state index contributed by atoms with van der Waals surface area (Å²) >= 11 is 0. The van der Waals surface area contributed by atoms with Crippen LogP contribution in [0.5, 0.6) is 0 Å². The summed E-state index contributed by atoms with van der Waals surface area (Å²) in [5.41, 5.74) is 1.26. The molecule has 4 heteroatoms. The van der Waals surface area contributed by atoms with Gasteiger partial charge in [0, 0.05) is 18.4 Å². The van der Waals surface area contributed by atoms with Gasteiger partial charge in [-0.05, 0) is 12.3 Å². The second-order valence-corrected chi connectivity index (χ2v) is 4.66. The molecule has 4 nitrogen and oxygen atoms in total. The van der Waals surface area contributed by atoms with E-state index in [0.717, 1.165) is 11.3 Å². The van der Waals surface area contributed by atoms with E-state index in [4.69, 9.17) is 4.74 Å². The number of nitrogens with one attached hydrogen (secondary N) is 1. The molecule has 0 spiro atoms. The van der Waals surface area contributed by atoms with Crippen LogP contribution in [0.3, 0.4) is 0 Å². The summed E-state index contributed by atoms with van der Waals surface area (Å²) in [6.07, 6.45) is 0. The number of aromatic nitrogens is 2. The molecule has 0 aliphatic carbocycles. The van der Waals surface area contributed by atoms with E-state index < -0.39 is 0 Å². The van der Waals surface area contributed by atoms with Crippen LogP contribution in [0.15, 0.2) is 4.79 Å². The van der Waals surface area contributed by atoms with Gasteiger partial charge in [-0.1, -0.05) is 20.8 Å². The third-order valence-corrected chi connectivity index (χ3v) is 2.18. The molecule has 15 heavy (non-hydrogen) atoms. The number of hydrogen-bond donors (Lipinski definition) is 1. The predicted octanol–water partition coefficient (Wildman–Crippen LogP) is 1.52. The fraction of sp³-hybridized carbons (Fsp3) is 0.636. The highest BCUT2D eigenvalue weighted by Gasteiger charge is 2.21. The van der Waals surface area contributed by atoms with E-state index in [0.29, 0.717) is 12.4 Å². The maximum absolute atomic E-state index is 11.8. The minimum atomic E-state index is -0.184. The fourth-order valence-corrected chi connectivity index (χ4v) is 1.73. The van der Waals surface area contributed by atoms with Crippen LogP contribution in [-0.4, -0.2) is 17.1 Å². The quantitative estimate of drug-likeness (QED) is 0.805. The van der Waals surface area contributed by atoms with Gasteiger partial charge in [0.1, 0.15) is 12.4 Å². The summed E-state index contributed by atoms with van der Waals surface area (Å²) in [5, 5.41) is 0. The Hall–Kier alpha value is -1.16. The van der Waals surface area contributed by atoms with Gasteiger partial charge in [-0.25, -0.2) is 4.98 Å². The molecule has 0 saturated heterocycles. The van der Waals surface area contributed by atoms with E-state index in [2.05, 4.69) is 9.97 Å². The minimum Gasteiger partial charge on any atom is -0.377 e. The van der Waals surface area contributed by atoms with Crippen LogP contribution in [-0.2, 0) is 16.8 Å². The summed E-state index contributed by atoms with van der Waals surface area (Å²) in [6.45, 7) is 8.20. The van der Waals surface area contributed by atoms with Crippen LogP contribution in [0, 0.1) is 6.92 Å². The van der Waals surface area contributed by atoms with E-state index in [-0.39, 0.29) is 11.0 Å². The molecule has 1 N–H and O–H groups in total. The van der Waals surface area contributed by atoms with Crippen molar-refractivity contribution in [3.05, 3.63) is 27.4 Å². The minimum absolute atomic E-state index is 0.0675. The predicted molar refractivity (Wildman–Crippen MR) is 59.0 cm³/mol. The molecule has 1 aromatic rings. The lowest BCUT2D eigenvalue weighted by Crippen LogP contribution is -2.28. The number of ether oxygens (including phenoxy) is 1. The SMILES string of the molecule is COCc1nc(C)c(C(C)(C)C)c(=O)[nH]1. The molecule has 0 aromatic carbocycles. The molecule has 1 heterocycles. The van der Waals surface area contributed by atoms with Crippen molar-refractivity contribution >= 4 is 0 Å². The zero-order valence-corrected chi connectivity index (χ0v) is 9.97. The molecule has 0 atom stereocenters. The molecular formula is C11H18N2O2. The standard InChI is InChI=1S/C11H18N2O2/c1-7-9(11(2,3)4)10(14)13-8(12-7)6-15-5/h6H2,1-5H3,(H,12,13,14). The highest BCUT2D eigenvalue weighted by Crippen LogP contribution is 2.20. The third kappa shape index (κ3) is 2.65. The number of aryl methyl sites for hydroxylation is 1.